The van der Waals surface area contributed by atoms with E-state index in [4.69, 9.17) is 10.5 Å². The Bertz CT molecular complexity index is 569. The molecule has 2 N–H and O–H groups in total. The maximum Gasteiger partial charge on any atom is 0.132 e. The summed E-state index contributed by atoms with van der Waals surface area (Å²) in [4.78, 5) is 0. The normalized spacial score (nSPS) is 12.2. The van der Waals surface area contributed by atoms with Crippen LogP contribution in [0.25, 0.3) is 0 Å². The van der Waals surface area contributed by atoms with Crippen LogP contribution in [0.4, 0.5) is 8.78 Å². The molecule has 0 aliphatic heterocycles. The summed E-state index contributed by atoms with van der Waals surface area (Å²) in [7, 11) is 0. The Hall–Kier alpha value is -1.94. The van der Waals surface area contributed by atoms with Crippen molar-refractivity contribution < 1.29 is 13.5 Å². The van der Waals surface area contributed by atoms with E-state index in [2.05, 4.69) is 0 Å². The highest BCUT2D eigenvalue weighted by Gasteiger charge is 2.06. The number of ether oxygens (including phenoxy) is 1. The third-order valence-electron chi connectivity index (χ3n) is 3.16. The first kappa shape index (κ1) is 14.5. The summed E-state index contributed by atoms with van der Waals surface area (Å²) in [6.45, 7) is 2.08. The summed E-state index contributed by atoms with van der Waals surface area (Å²) in [5, 5.41) is 0. The summed E-state index contributed by atoms with van der Waals surface area (Å²) < 4.78 is 31.7. The van der Waals surface area contributed by atoms with E-state index in [1.54, 1.807) is 12.1 Å². The van der Waals surface area contributed by atoms with E-state index < -0.39 is 11.6 Å². The van der Waals surface area contributed by atoms with Crippen molar-refractivity contribution in [3.63, 3.8) is 0 Å². The molecule has 0 saturated heterocycles. The summed E-state index contributed by atoms with van der Waals surface area (Å²) in [5.74, 6) is -0.570. The second-order valence-corrected chi connectivity index (χ2v) is 4.61. The average Bonchev–Trinajstić information content (AvgIpc) is 2.46. The van der Waals surface area contributed by atoms with Gasteiger partial charge in [-0.2, -0.15) is 0 Å². The third-order valence-corrected chi connectivity index (χ3v) is 3.16. The first-order chi connectivity index (χ1) is 9.60. The number of benzene rings is 2. The molecule has 1 atom stereocenters. The number of hydrogen-bond acceptors (Lipinski definition) is 2. The molecular weight excluding hydrogens is 260 g/mol. The topological polar surface area (TPSA) is 35.2 Å². The maximum atomic E-state index is 13.4. The molecular formula is C16H17F2NO. The Morgan fingerprint density at radius 2 is 1.80 bits per heavy atom. The number of hydrogen-bond donors (Lipinski definition) is 1. The highest BCUT2D eigenvalue weighted by molar-refractivity contribution is 5.29. The van der Waals surface area contributed by atoms with Crippen molar-refractivity contribution in [2.75, 3.05) is 0 Å². The van der Waals surface area contributed by atoms with Gasteiger partial charge in [-0.3, -0.25) is 0 Å². The van der Waals surface area contributed by atoms with E-state index in [1.165, 1.54) is 12.1 Å². The molecule has 0 radical (unpaired) electrons. The number of rotatable bonds is 5. The van der Waals surface area contributed by atoms with E-state index in [1.807, 2.05) is 19.1 Å². The van der Waals surface area contributed by atoms with Gasteiger partial charge < -0.3 is 10.5 Å². The van der Waals surface area contributed by atoms with Gasteiger partial charge in [0.25, 0.3) is 0 Å². The fourth-order valence-corrected chi connectivity index (χ4v) is 1.85. The molecule has 0 fully saturated rings. The Labute approximate surface area is 117 Å². The smallest absolute Gasteiger partial charge is 0.132 e. The fourth-order valence-electron chi connectivity index (χ4n) is 1.85. The van der Waals surface area contributed by atoms with E-state index in [-0.39, 0.29) is 12.6 Å². The van der Waals surface area contributed by atoms with Crippen molar-refractivity contribution >= 4 is 0 Å². The van der Waals surface area contributed by atoms with Crippen LogP contribution in [-0.4, -0.2) is 0 Å². The van der Waals surface area contributed by atoms with Crippen molar-refractivity contribution in [2.45, 2.75) is 26.0 Å². The molecule has 2 aromatic rings. The molecule has 2 aromatic carbocycles. The van der Waals surface area contributed by atoms with Crippen LogP contribution in [0.3, 0.4) is 0 Å². The Balaban J connectivity index is 2.00. The van der Waals surface area contributed by atoms with Crippen molar-refractivity contribution in [1.29, 1.82) is 0 Å². The van der Waals surface area contributed by atoms with Gasteiger partial charge in [-0.1, -0.05) is 19.1 Å². The van der Waals surface area contributed by atoms with Gasteiger partial charge in [-0.25, -0.2) is 8.78 Å². The van der Waals surface area contributed by atoms with Gasteiger partial charge in [0.05, 0.1) is 0 Å². The first-order valence-electron chi connectivity index (χ1n) is 6.52. The quantitative estimate of drug-likeness (QED) is 0.898. The van der Waals surface area contributed by atoms with Crippen LogP contribution in [-0.2, 0) is 6.61 Å². The van der Waals surface area contributed by atoms with Gasteiger partial charge in [0.1, 0.15) is 24.0 Å². The molecule has 0 bridgehead atoms. The van der Waals surface area contributed by atoms with Gasteiger partial charge in [-0.05, 0) is 36.2 Å². The van der Waals surface area contributed by atoms with Crippen LogP contribution in [0.2, 0.25) is 0 Å². The minimum absolute atomic E-state index is 0.0126. The monoisotopic (exact) mass is 277 g/mol. The number of nitrogens with two attached hydrogens (primary N) is 1. The fraction of sp³-hybridized carbons (Fsp3) is 0.250. The predicted molar refractivity (Wildman–Crippen MR) is 74.4 cm³/mol. The lowest BCUT2D eigenvalue weighted by Gasteiger charge is -2.11. The van der Waals surface area contributed by atoms with Crippen molar-refractivity contribution in [1.82, 2.24) is 0 Å². The standard InChI is InChI=1S/C16H17F2NO/c1-2-16(19)11-4-7-14(8-5-11)20-10-12-3-6-13(17)9-15(12)18/h3-9,16H,2,10,19H2,1H3/t16-/m0/s1. The van der Waals surface area contributed by atoms with Gasteiger partial charge in [0, 0.05) is 17.7 Å². The zero-order chi connectivity index (χ0) is 14.5. The van der Waals surface area contributed by atoms with E-state index in [9.17, 15) is 8.78 Å². The summed E-state index contributed by atoms with van der Waals surface area (Å²) in [6.07, 6.45) is 0.862. The highest BCUT2D eigenvalue weighted by atomic mass is 19.1. The molecule has 2 nitrogen and oxygen atoms in total. The highest BCUT2D eigenvalue weighted by Crippen LogP contribution is 2.19. The first-order valence-corrected chi connectivity index (χ1v) is 6.52. The van der Waals surface area contributed by atoms with Crippen LogP contribution in [0.15, 0.2) is 42.5 Å². The van der Waals surface area contributed by atoms with E-state index in [0.717, 1.165) is 18.1 Å². The van der Waals surface area contributed by atoms with Crippen LogP contribution in [0.1, 0.15) is 30.5 Å². The molecule has 0 heterocycles. The summed E-state index contributed by atoms with van der Waals surface area (Å²) in [5.41, 5.74) is 7.27. The lowest BCUT2D eigenvalue weighted by molar-refractivity contribution is 0.299. The molecule has 20 heavy (non-hydrogen) atoms. The number of halogens is 2. The van der Waals surface area contributed by atoms with E-state index >= 15 is 0 Å². The molecule has 2 rings (SSSR count). The molecule has 0 aromatic heterocycles. The van der Waals surface area contributed by atoms with Crippen molar-refractivity contribution in [3.05, 3.63) is 65.2 Å². The summed E-state index contributed by atoms with van der Waals surface area (Å²) in [6, 6.07) is 10.8. The molecule has 0 spiro atoms. The van der Waals surface area contributed by atoms with Crippen molar-refractivity contribution in [2.24, 2.45) is 5.73 Å². The van der Waals surface area contributed by atoms with Gasteiger partial charge in [0.15, 0.2) is 0 Å². The molecule has 106 valence electrons. The Morgan fingerprint density at radius 1 is 1.10 bits per heavy atom. The second kappa shape index (κ2) is 6.48. The molecule has 0 unspecified atom stereocenters. The largest absolute Gasteiger partial charge is 0.489 e. The zero-order valence-electron chi connectivity index (χ0n) is 11.3. The predicted octanol–water partition coefficient (Wildman–Crippen LogP) is 3.95. The lowest BCUT2D eigenvalue weighted by Crippen LogP contribution is -2.08. The minimum atomic E-state index is -0.602. The third kappa shape index (κ3) is 3.54. The summed E-state index contributed by atoms with van der Waals surface area (Å²) >= 11 is 0. The molecule has 0 aliphatic carbocycles. The van der Waals surface area contributed by atoms with Gasteiger partial charge in [-0.15, -0.1) is 0 Å². The van der Waals surface area contributed by atoms with E-state index in [0.29, 0.717) is 11.3 Å². The Kier molecular flexibility index (Phi) is 4.69. The van der Waals surface area contributed by atoms with Crippen LogP contribution >= 0.6 is 0 Å². The minimum Gasteiger partial charge on any atom is -0.489 e. The second-order valence-electron chi connectivity index (χ2n) is 4.61. The SMILES string of the molecule is CC[C@H](N)c1ccc(OCc2ccc(F)cc2F)cc1. The Morgan fingerprint density at radius 3 is 2.40 bits per heavy atom. The molecule has 0 saturated carbocycles. The van der Waals surface area contributed by atoms with Crippen LogP contribution < -0.4 is 10.5 Å². The van der Waals surface area contributed by atoms with Gasteiger partial charge in [0.2, 0.25) is 0 Å². The molecule has 4 heteroatoms. The van der Waals surface area contributed by atoms with Crippen LogP contribution in [0, 0.1) is 11.6 Å². The lowest BCUT2D eigenvalue weighted by atomic mass is 10.1. The molecule has 0 amide bonds. The maximum absolute atomic E-state index is 13.4. The molecule has 0 aliphatic rings. The zero-order valence-corrected chi connectivity index (χ0v) is 11.3. The van der Waals surface area contributed by atoms with Crippen molar-refractivity contribution in [3.8, 4) is 5.75 Å². The average molecular weight is 277 g/mol. The van der Waals surface area contributed by atoms with Crippen LogP contribution in [0.5, 0.6) is 5.75 Å². The van der Waals surface area contributed by atoms with Gasteiger partial charge >= 0.3 is 0 Å².